The van der Waals surface area contributed by atoms with Crippen LogP contribution in [-0.2, 0) is 19.1 Å². The number of aliphatic hydroxyl groups excluding tert-OH is 4. The first kappa shape index (κ1) is 18.8. The van der Waals surface area contributed by atoms with Crippen molar-refractivity contribution in [2.24, 2.45) is 0 Å². The molecule has 0 unspecified atom stereocenters. The Kier molecular flexibility index (Phi) is 9.06. The Balaban J connectivity index is 4.72. The van der Waals surface area contributed by atoms with E-state index >= 15 is 0 Å². The van der Waals surface area contributed by atoms with Crippen LogP contribution in [0, 0.1) is 0 Å². The van der Waals surface area contributed by atoms with Gasteiger partial charge in [0.2, 0.25) is 0 Å². The second kappa shape index (κ2) is 9.65. The Bertz CT molecular complexity index is 306. The number of rotatable bonds is 9. The summed E-state index contributed by atoms with van der Waals surface area (Å²) in [5, 5.41) is 37.6. The molecular weight excluding hydrogens is 272 g/mol. The molecule has 0 aromatic heterocycles. The fraction of sp³-hybridized carbons (Fsp3) is 0.833. The van der Waals surface area contributed by atoms with Crippen LogP contribution in [0.25, 0.3) is 0 Å². The van der Waals surface area contributed by atoms with Gasteiger partial charge in [-0.15, -0.1) is 0 Å². The van der Waals surface area contributed by atoms with Gasteiger partial charge in [-0.1, -0.05) is 13.8 Å². The van der Waals surface area contributed by atoms with Gasteiger partial charge in [-0.25, -0.2) is 0 Å². The molecule has 0 aromatic rings. The molecule has 0 amide bonds. The fourth-order valence-electron chi connectivity index (χ4n) is 1.31. The van der Waals surface area contributed by atoms with E-state index in [1.54, 1.807) is 6.92 Å². The Hall–Kier alpha value is -1.22. The summed E-state index contributed by atoms with van der Waals surface area (Å²) in [7, 11) is 0. The third kappa shape index (κ3) is 6.29. The number of aliphatic hydroxyl groups is 4. The molecule has 0 aromatic carbocycles. The van der Waals surface area contributed by atoms with Crippen LogP contribution in [0.3, 0.4) is 0 Å². The molecule has 0 spiro atoms. The first-order valence-electron chi connectivity index (χ1n) is 6.37. The van der Waals surface area contributed by atoms with E-state index in [0.29, 0.717) is 0 Å². The quantitative estimate of drug-likeness (QED) is 0.371. The molecular formula is C12H22O8. The summed E-state index contributed by atoms with van der Waals surface area (Å²) in [6, 6.07) is 0. The maximum atomic E-state index is 11.2. The highest BCUT2D eigenvalue weighted by Gasteiger charge is 2.35. The van der Waals surface area contributed by atoms with E-state index in [9.17, 15) is 24.9 Å². The Labute approximate surface area is 116 Å². The van der Waals surface area contributed by atoms with Gasteiger partial charge in [0.05, 0.1) is 6.61 Å². The normalized spacial score (nSPS) is 16.9. The molecule has 4 N–H and O–H groups in total. The monoisotopic (exact) mass is 294 g/mol. The zero-order valence-electron chi connectivity index (χ0n) is 11.6. The molecule has 118 valence electrons. The number of esters is 2. The van der Waals surface area contributed by atoms with Crippen molar-refractivity contribution in [3.8, 4) is 0 Å². The second-order valence-electron chi connectivity index (χ2n) is 4.15. The first-order chi connectivity index (χ1) is 9.37. The van der Waals surface area contributed by atoms with E-state index < -0.39 is 49.6 Å². The van der Waals surface area contributed by atoms with Crippen molar-refractivity contribution in [3.05, 3.63) is 0 Å². The molecule has 0 aliphatic heterocycles. The smallest absolute Gasteiger partial charge is 0.305 e. The highest BCUT2D eigenvalue weighted by atomic mass is 16.6. The molecule has 0 rings (SSSR count). The lowest BCUT2D eigenvalue weighted by molar-refractivity contribution is -0.180. The molecule has 0 saturated heterocycles. The molecule has 0 fully saturated rings. The lowest BCUT2D eigenvalue weighted by atomic mass is 10.0. The Morgan fingerprint density at radius 1 is 1.00 bits per heavy atom. The maximum absolute atomic E-state index is 11.2. The Morgan fingerprint density at radius 2 is 1.55 bits per heavy atom. The summed E-state index contributed by atoms with van der Waals surface area (Å²) >= 11 is 0. The predicted octanol–water partition coefficient (Wildman–Crippen LogP) is -1.66. The summed E-state index contributed by atoms with van der Waals surface area (Å²) in [5.74, 6) is -1.28. The van der Waals surface area contributed by atoms with Gasteiger partial charge < -0.3 is 29.9 Å². The average molecular weight is 294 g/mol. The van der Waals surface area contributed by atoms with Crippen molar-refractivity contribution in [1.82, 2.24) is 0 Å². The molecule has 0 heterocycles. The molecule has 8 heteroatoms. The molecule has 0 bridgehead atoms. The van der Waals surface area contributed by atoms with E-state index in [1.807, 2.05) is 0 Å². The van der Waals surface area contributed by atoms with E-state index in [2.05, 4.69) is 4.74 Å². The minimum Gasteiger partial charge on any atom is -0.463 e. The number of ether oxygens (including phenoxy) is 2. The lowest BCUT2D eigenvalue weighted by Crippen LogP contribution is -2.49. The van der Waals surface area contributed by atoms with Crippen LogP contribution in [0.2, 0.25) is 0 Å². The summed E-state index contributed by atoms with van der Waals surface area (Å²) in [6.07, 6.45) is -6.22. The molecule has 0 saturated carbocycles. The fourth-order valence-corrected chi connectivity index (χ4v) is 1.31. The van der Waals surface area contributed by atoms with Gasteiger partial charge in [-0.05, 0) is 0 Å². The van der Waals surface area contributed by atoms with Gasteiger partial charge in [-0.2, -0.15) is 0 Å². The van der Waals surface area contributed by atoms with Crippen molar-refractivity contribution in [3.63, 3.8) is 0 Å². The highest BCUT2D eigenvalue weighted by Crippen LogP contribution is 2.12. The van der Waals surface area contributed by atoms with Crippen molar-refractivity contribution in [1.29, 1.82) is 0 Å². The SMILES string of the molecule is CCC(=O)OC[C@@H](O)[C@@H](OC(=O)CC)[C@H](O)[C@@H](O)CO. The van der Waals surface area contributed by atoms with Crippen molar-refractivity contribution in [2.45, 2.75) is 51.1 Å². The van der Waals surface area contributed by atoms with Gasteiger partial charge in [-0.3, -0.25) is 9.59 Å². The molecule has 4 atom stereocenters. The largest absolute Gasteiger partial charge is 0.463 e. The van der Waals surface area contributed by atoms with E-state index in [4.69, 9.17) is 9.84 Å². The van der Waals surface area contributed by atoms with Crippen LogP contribution in [0.1, 0.15) is 26.7 Å². The van der Waals surface area contributed by atoms with E-state index in [1.165, 1.54) is 6.92 Å². The maximum Gasteiger partial charge on any atom is 0.305 e. The first-order valence-corrected chi connectivity index (χ1v) is 6.37. The van der Waals surface area contributed by atoms with E-state index in [0.717, 1.165) is 0 Å². The van der Waals surface area contributed by atoms with Gasteiger partial charge >= 0.3 is 11.9 Å². The second-order valence-corrected chi connectivity index (χ2v) is 4.15. The van der Waals surface area contributed by atoms with Gasteiger partial charge in [0.1, 0.15) is 24.9 Å². The number of hydrogen-bond donors (Lipinski definition) is 4. The molecule has 0 aliphatic carbocycles. The minimum atomic E-state index is -1.70. The topological polar surface area (TPSA) is 134 Å². The third-order valence-electron chi connectivity index (χ3n) is 2.56. The van der Waals surface area contributed by atoms with Crippen LogP contribution >= 0.6 is 0 Å². The van der Waals surface area contributed by atoms with Crippen LogP contribution in [-0.4, -0.2) is 70.0 Å². The number of hydrogen-bond acceptors (Lipinski definition) is 8. The summed E-state index contributed by atoms with van der Waals surface area (Å²) in [6.45, 7) is 1.80. The number of carbonyl (C=O) groups is 2. The average Bonchev–Trinajstić information content (AvgIpc) is 2.47. The van der Waals surface area contributed by atoms with Gasteiger partial charge in [0, 0.05) is 12.8 Å². The van der Waals surface area contributed by atoms with Crippen LogP contribution in [0.5, 0.6) is 0 Å². The van der Waals surface area contributed by atoms with Gasteiger partial charge in [0.15, 0.2) is 6.10 Å². The molecule has 0 radical (unpaired) electrons. The predicted molar refractivity (Wildman–Crippen MR) is 66.5 cm³/mol. The number of carbonyl (C=O) groups excluding carboxylic acids is 2. The summed E-state index contributed by atoms with van der Waals surface area (Å²) in [5.41, 5.74) is 0. The third-order valence-corrected chi connectivity index (χ3v) is 2.56. The molecule has 8 nitrogen and oxygen atoms in total. The minimum absolute atomic E-state index is 0.0000913. The van der Waals surface area contributed by atoms with Gasteiger partial charge in [0.25, 0.3) is 0 Å². The molecule has 20 heavy (non-hydrogen) atoms. The van der Waals surface area contributed by atoms with Crippen LogP contribution in [0.4, 0.5) is 0 Å². The van der Waals surface area contributed by atoms with Crippen molar-refractivity contribution >= 4 is 11.9 Å². The molecule has 0 aliphatic rings. The Morgan fingerprint density at radius 3 is 2.00 bits per heavy atom. The van der Waals surface area contributed by atoms with Crippen molar-refractivity contribution in [2.75, 3.05) is 13.2 Å². The van der Waals surface area contributed by atoms with Crippen LogP contribution in [0.15, 0.2) is 0 Å². The standard InChI is InChI=1S/C12H22O8/c1-3-9(16)19-6-8(15)12(20-10(17)4-2)11(18)7(14)5-13/h7-8,11-15,18H,3-6H2,1-2H3/t7-,8+,11+,12+/m0/s1. The van der Waals surface area contributed by atoms with Crippen LogP contribution < -0.4 is 0 Å². The highest BCUT2D eigenvalue weighted by molar-refractivity contribution is 5.69. The lowest BCUT2D eigenvalue weighted by Gasteiger charge is -2.29. The summed E-state index contributed by atoms with van der Waals surface area (Å²) in [4.78, 5) is 22.2. The zero-order valence-corrected chi connectivity index (χ0v) is 11.6. The zero-order chi connectivity index (χ0) is 15.7. The van der Waals surface area contributed by atoms with E-state index in [-0.39, 0.29) is 12.8 Å². The summed E-state index contributed by atoms with van der Waals surface area (Å²) < 4.78 is 9.49. The van der Waals surface area contributed by atoms with Crippen molar-refractivity contribution < 1.29 is 39.5 Å².